The van der Waals surface area contributed by atoms with Gasteiger partial charge in [0.2, 0.25) is 5.78 Å². The predicted molar refractivity (Wildman–Crippen MR) is 113 cm³/mol. The number of nitrogens with zero attached hydrogens (tertiary/aromatic N) is 3. The zero-order valence-corrected chi connectivity index (χ0v) is 16.6. The van der Waals surface area contributed by atoms with Gasteiger partial charge in [-0.1, -0.05) is 24.3 Å². The van der Waals surface area contributed by atoms with E-state index in [4.69, 9.17) is 4.74 Å². The molecule has 0 aliphatic carbocycles. The molecule has 3 heterocycles. The maximum atomic E-state index is 12.9. The monoisotopic (exact) mass is 388 g/mol. The van der Waals surface area contributed by atoms with Gasteiger partial charge >= 0.3 is 0 Å². The number of anilines is 1. The van der Waals surface area contributed by atoms with Crippen molar-refractivity contribution in [2.24, 2.45) is 0 Å². The molecular formula is C23H24N4O2. The van der Waals surface area contributed by atoms with E-state index in [-0.39, 0.29) is 11.8 Å². The predicted octanol–water partition coefficient (Wildman–Crippen LogP) is 3.18. The number of para-hydroxylation sites is 1. The highest BCUT2D eigenvalue weighted by atomic mass is 16.5. The van der Waals surface area contributed by atoms with E-state index in [9.17, 15) is 4.79 Å². The van der Waals surface area contributed by atoms with Crippen LogP contribution >= 0.6 is 0 Å². The number of aryl methyl sites for hydroxylation is 1. The zero-order valence-electron chi connectivity index (χ0n) is 16.6. The van der Waals surface area contributed by atoms with E-state index in [1.807, 2.05) is 37.3 Å². The van der Waals surface area contributed by atoms with Crippen LogP contribution in [0.3, 0.4) is 0 Å². The van der Waals surface area contributed by atoms with Crippen molar-refractivity contribution < 1.29 is 9.53 Å². The Kier molecular flexibility index (Phi) is 5.53. The molecule has 1 unspecified atom stereocenters. The van der Waals surface area contributed by atoms with Gasteiger partial charge < -0.3 is 15.0 Å². The van der Waals surface area contributed by atoms with Gasteiger partial charge in [0.05, 0.1) is 13.2 Å². The molecule has 0 bridgehead atoms. The van der Waals surface area contributed by atoms with Crippen LogP contribution in [0.15, 0.2) is 60.8 Å². The number of aromatic nitrogens is 2. The highest BCUT2D eigenvalue weighted by Crippen LogP contribution is 2.28. The average Bonchev–Trinajstić information content (AvgIpc) is 2.79. The molecule has 148 valence electrons. The Morgan fingerprint density at radius 3 is 2.83 bits per heavy atom. The maximum Gasteiger partial charge on any atom is 0.213 e. The van der Waals surface area contributed by atoms with Crippen LogP contribution in [0.1, 0.15) is 33.4 Å². The fourth-order valence-electron chi connectivity index (χ4n) is 3.71. The van der Waals surface area contributed by atoms with Crippen LogP contribution in [-0.4, -0.2) is 42.5 Å². The third-order valence-corrected chi connectivity index (χ3v) is 5.23. The van der Waals surface area contributed by atoms with E-state index in [1.54, 1.807) is 31.5 Å². The van der Waals surface area contributed by atoms with Crippen molar-refractivity contribution in [2.75, 3.05) is 31.6 Å². The normalized spacial score (nSPS) is 16.5. The molecule has 1 saturated heterocycles. The minimum atomic E-state index is -0.103. The summed E-state index contributed by atoms with van der Waals surface area (Å²) >= 11 is 0. The molecular weight excluding hydrogens is 364 g/mol. The van der Waals surface area contributed by atoms with Crippen molar-refractivity contribution in [3.05, 3.63) is 83.3 Å². The first-order valence-electron chi connectivity index (χ1n) is 9.72. The smallest absolute Gasteiger partial charge is 0.213 e. The average molecular weight is 388 g/mol. The van der Waals surface area contributed by atoms with Crippen molar-refractivity contribution in [1.82, 2.24) is 15.3 Å². The molecule has 1 aliphatic rings. The minimum absolute atomic E-state index is 0.103. The zero-order chi connectivity index (χ0) is 20.2. The van der Waals surface area contributed by atoms with Crippen LogP contribution in [0.5, 0.6) is 5.75 Å². The summed E-state index contributed by atoms with van der Waals surface area (Å²) in [7, 11) is 1.69. The lowest BCUT2D eigenvalue weighted by molar-refractivity contribution is 0.103. The number of carbonyl (C=O) groups excluding carboxylic acids is 1. The van der Waals surface area contributed by atoms with Crippen LogP contribution in [0, 0.1) is 6.92 Å². The van der Waals surface area contributed by atoms with Gasteiger partial charge in [-0.2, -0.15) is 0 Å². The highest BCUT2D eigenvalue weighted by molar-refractivity contribution is 6.08. The van der Waals surface area contributed by atoms with E-state index in [1.165, 1.54) is 0 Å². The first kappa shape index (κ1) is 19.1. The molecule has 1 fully saturated rings. The number of hydrogen-bond acceptors (Lipinski definition) is 6. The lowest BCUT2D eigenvalue weighted by Gasteiger charge is -2.35. The molecule has 1 aliphatic heterocycles. The quantitative estimate of drug-likeness (QED) is 0.677. The van der Waals surface area contributed by atoms with Gasteiger partial charge in [-0.15, -0.1) is 0 Å². The number of methoxy groups -OCH3 is 1. The van der Waals surface area contributed by atoms with Gasteiger partial charge in [0.1, 0.15) is 17.3 Å². The lowest BCUT2D eigenvalue weighted by Crippen LogP contribution is -2.46. The molecule has 0 saturated carbocycles. The van der Waals surface area contributed by atoms with Crippen molar-refractivity contribution in [2.45, 2.75) is 13.0 Å². The molecule has 29 heavy (non-hydrogen) atoms. The molecule has 3 aromatic rings. The van der Waals surface area contributed by atoms with Crippen LogP contribution in [-0.2, 0) is 0 Å². The molecule has 6 heteroatoms. The van der Waals surface area contributed by atoms with Gasteiger partial charge in [0.15, 0.2) is 0 Å². The summed E-state index contributed by atoms with van der Waals surface area (Å²) in [6, 6.07) is 17.4. The van der Waals surface area contributed by atoms with Crippen LogP contribution in [0.4, 0.5) is 5.82 Å². The fourth-order valence-corrected chi connectivity index (χ4v) is 3.71. The molecule has 1 N–H and O–H groups in total. The van der Waals surface area contributed by atoms with Gasteiger partial charge in [-0.05, 0) is 37.3 Å². The first-order chi connectivity index (χ1) is 14.2. The van der Waals surface area contributed by atoms with Crippen LogP contribution in [0.25, 0.3) is 0 Å². The summed E-state index contributed by atoms with van der Waals surface area (Å²) in [6.45, 7) is 4.23. The number of hydrogen-bond donors (Lipinski definition) is 1. The highest BCUT2D eigenvalue weighted by Gasteiger charge is 2.24. The Morgan fingerprint density at radius 1 is 1.14 bits per heavy atom. The number of pyridine rings is 2. The number of benzene rings is 1. The van der Waals surface area contributed by atoms with E-state index >= 15 is 0 Å². The van der Waals surface area contributed by atoms with Crippen molar-refractivity contribution in [3.8, 4) is 5.75 Å². The molecule has 0 spiro atoms. The minimum Gasteiger partial charge on any atom is -0.496 e. The summed E-state index contributed by atoms with van der Waals surface area (Å²) in [5, 5.41) is 3.56. The SMILES string of the molecule is COc1ccccc1C1CN(c2cccc(C(=O)c3cccnc3C)n2)CCN1. The molecule has 0 amide bonds. The summed E-state index contributed by atoms with van der Waals surface area (Å²) in [5.74, 6) is 1.57. The van der Waals surface area contributed by atoms with Crippen molar-refractivity contribution >= 4 is 11.6 Å². The van der Waals surface area contributed by atoms with Gasteiger partial charge in [0.25, 0.3) is 0 Å². The number of ketones is 1. The number of ether oxygens (including phenoxy) is 1. The summed E-state index contributed by atoms with van der Waals surface area (Å²) in [6.07, 6.45) is 1.69. The standard InChI is InChI=1S/C23H24N4O2/c1-16-17(8-6-12-24-16)23(28)19-9-5-11-22(26-19)27-14-13-25-20(15-27)18-7-3-4-10-21(18)29-2/h3-12,20,25H,13-15H2,1-2H3. The van der Waals surface area contributed by atoms with E-state index < -0.39 is 0 Å². The second-order valence-electron chi connectivity index (χ2n) is 7.04. The Hall–Kier alpha value is -3.25. The van der Waals surface area contributed by atoms with E-state index in [2.05, 4.69) is 26.3 Å². The van der Waals surface area contributed by atoms with Gasteiger partial charge in [-0.3, -0.25) is 9.78 Å². The molecule has 4 rings (SSSR count). The largest absolute Gasteiger partial charge is 0.496 e. The summed E-state index contributed by atoms with van der Waals surface area (Å²) in [4.78, 5) is 24.0. The lowest BCUT2D eigenvalue weighted by atomic mass is 10.0. The Morgan fingerprint density at radius 2 is 2.00 bits per heavy atom. The second kappa shape index (κ2) is 8.41. The van der Waals surface area contributed by atoms with Gasteiger partial charge in [0, 0.05) is 42.7 Å². The number of piperazine rings is 1. The third kappa shape index (κ3) is 3.98. The van der Waals surface area contributed by atoms with E-state index in [0.717, 1.165) is 36.8 Å². The molecule has 1 atom stereocenters. The molecule has 1 aromatic carbocycles. The van der Waals surface area contributed by atoms with Crippen LogP contribution < -0.4 is 15.0 Å². The Balaban J connectivity index is 1.58. The third-order valence-electron chi connectivity index (χ3n) is 5.23. The van der Waals surface area contributed by atoms with E-state index in [0.29, 0.717) is 17.0 Å². The number of carbonyl (C=O) groups is 1. The Labute approximate surface area is 170 Å². The van der Waals surface area contributed by atoms with Crippen molar-refractivity contribution in [1.29, 1.82) is 0 Å². The van der Waals surface area contributed by atoms with Crippen molar-refractivity contribution in [3.63, 3.8) is 0 Å². The second-order valence-corrected chi connectivity index (χ2v) is 7.04. The van der Waals surface area contributed by atoms with Crippen LogP contribution in [0.2, 0.25) is 0 Å². The summed E-state index contributed by atoms with van der Waals surface area (Å²) < 4.78 is 5.53. The first-order valence-corrected chi connectivity index (χ1v) is 9.72. The molecule has 6 nitrogen and oxygen atoms in total. The maximum absolute atomic E-state index is 12.9. The summed E-state index contributed by atoms with van der Waals surface area (Å²) in [5.41, 5.74) is 2.86. The topological polar surface area (TPSA) is 67.3 Å². The number of rotatable bonds is 5. The Bertz CT molecular complexity index is 1020. The fraction of sp³-hybridized carbons (Fsp3) is 0.261. The molecule has 2 aromatic heterocycles. The van der Waals surface area contributed by atoms with Gasteiger partial charge in [-0.25, -0.2) is 4.98 Å². The molecule has 0 radical (unpaired) electrons. The number of nitrogens with one attached hydrogen (secondary N) is 1.